The van der Waals surface area contributed by atoms with Crippen LogP contribution in [-0.2, 0) is 5.92 Å². The average Bonchev–Trinajstić information content (AvgIpc) is 2.16. The summed E-state index contributed by atoms with van der Waals surface area (Å²) in [5, 5.41) is 0. The van der Waals surface area contributed by atoms with Gasteiger partial charge in [-0.3, -0.25) is 0 Å². The Bertz CT molecular complexity index is 358. The van der Waals surface area contributed by atoms with Crippen molar-refractivity contribution in [2.45, 2.75) is 32.1 Å². The maximum Gasteiger partial charge on any atom is 0.270 e. The van der Waals surface area contributed by atoms with Gasteiger partial charge in [-0.05, 0) is 36.6 Å². The van der Waals surface area contributed by atoms with Gasteiger partial charge < -0.3 is 5.73 Å². The van der Waals surface area contributed by atoms with E-state index >= 15 is 0 Å². The zero-order valence-corrected chi connectivity index (χ0v) is 9.43. The lowest BCUT2D eigenvalue weighted by molar-refractivity contribution is 0.0173. The molecular formula is C12H16F3N. The molecule has 2 N–H and O–H groups in total. The van der Waals surface area contributed by atoms with Crippen molar-refractivity contribution in [2.75, 3.05) is 6.54 Å². The molecule has 90 valence electrons. The van der Waals surface area contributed by atoms with Gasteiger partial charge in [-0.1, -0.05) is 13.0 Å². The van der Waals surface area contributed by atoms with Gasteiger partial charge in [0.2, 0.25) is 0 Å². The zero-order valence-electron chi connectivity index (χ0n) is 9.43. The normalized spacial score (nSPS) is 13.9. The topological polar surface area (TPSA) is 26.0 Å². The van der Waals surface area contributed by atoms with Crippen molar-refractivity contribution in [1.82, 2.24) is 0 Å². The fraction of sp³-hybridized carbons (Fsp3) is 0.500. The molecule has 1 unspecified atom stereocenters. The van der Waals surface area contributed by atoms with E-state index in [1.165, 1.54) is 6.07 Å². The van der Waals surface area contributed by atoms with E-state index in [0.29, 0.717) is 18.5 Å². The molecule has 0 aromatic heterocycles. The second-order valence-electron chi connectivity index (χ2n) is 4.10. The molecule has 0 aliphatic heterocycles. The standard InChI is InChI=1S/C12H16F3N/c1-8(5-6-16)10-7-9(12(2,14)15)3-4-11(10)13/h3-4,7-8H,5-6,16H2,1-2H3. The number of alkyl halides is 2. The van der Waals surface area contributed by atoms with Gasteiger partial charge in [-0.2, -0.15) is 0 Å². The number of hydrogen-bond donors (Lipinski definition) is 1. The van der Waals surface area contributed by atoms with E-state index in [1.807, 2.05) is 0 Å². The Morgan fingerprint density at radius 3 is 2.50 bits per heavy atom. The summed E-state index contributed by atoms with van der Waals surface area (Å²) in [5.41, 5.74) is 5.52. The van der Waals surface area contributed by atoms with Gasteiger partial charge in [-0.25, -0.2) is 13.2 Å². The Kier molecular flexibility index (Phi) is 3.97. The fourth-order valence-electron chi connectivity index (χ4n) is 1.60. The molecule has 1 aromatic carbocycles. The SMILES string of the molecule is CC(CCN)c1cc(C(C)(F)F)ccc1F. The molecule has 0 radical (unpaired) electrons. The summed E-state index contributed by atoms with van der Waals surface area (Å²) >= 11 is 0. The van der Waals surface area contributed by atoms with Crippen LogP contribution >= 0.6 is 0 Å². The highest BCUT2D eigenvalue weighted by atomic mass is 19.3. The molecule has 0 fully saturated rings. The van der Waals surface area contributed by atoms with Crippen molar-refractivity contribution < 1.29 is 13.2 Å². The fourth-order valence-corrected chi connectivity index (χ4v) is 1.60. The summed E-state index contributed by atoms with van der Waals surface area (Å²) in [6.07, 6.45) is 0.579. The van der Waals surface area contributed by atoms with E-state index in [0.717, 1.165) is 19.1 Å². The molecule has 1 atom stereocenters. The molecule has 4 heteroatoms. The molecule has 16 heavy (non-hydrogen) atoms. The highest BCUT2D eigenvalue weighted by Crippen LogP contribution is 2.31. The third-order valence-electron chi connectivity index (χ3n) is 2.63. The number of nitrogens with two attached hydrogens (primary N) is 1. The van der Waals surface area contributed by atoms with Crippen molar-refractivity contribution in [3.63, 3.8) is 0 Å². The molecule has 0 saturated carbocycles. The van der Waals surface area contributed by atoms with E-state index in [-0.39, 0.29) is 11.5 Å². The second kappa shape index (κ2) is 4.87. The summed E-state index contributed by atoms with van der Waals surface area (Å²) in [7, 11) is 0. The molecular weight excluding hydrogens is 215 g/mol. The highest BCUT2D eigenvalue weighted by Gasteiger charge is 2.25. The van der Waals surface area contributed by atoms with Crippen LogP contribution in [0.3, 0.4) is 0 Å². The Hall–Kier alpha value is -1.03. The molecule has 1 aromatic rings. The van der Waals surface area contributed by atoms with Crippen LogP contribution in [0.2, 0.25) is 0 Å². The zero-order chi connectivity index (χ0) is 12.3. The van der Waals surface area contributed by atoms with E-state index < -0.39 is 11.7 Å². The van der Waals surface area contributed by atoms with Gasteiger partial charge in [0.15, 0.2) is 0 Å². The molecule has 0 spiro atoms. The minimum Gasteiger partial charge on any atom is -0.330 e. The van der Waals surface area contributed by atoms with Crippen LogP contribution in [0, 0.1) is 5.82 Å². The Morgan fingerprint density at radius 2 is 2.00 bits per heavy atom. The van der Waals surface area contributed by atoms with Crippen LogP contribution in [0.1, 0.15) is 37.3 Å². The Morgan fingerprint density at radius 1 is 1.38 bits per heavy atom. The lowest BCUT2D eigenvalue weighted by Crippen LogP contribution is -2.11. The number of halogens is 3. The molecule has 0 saturated heterocycles. The van der Waals surface area contributed by atoms with E-state index in [4.69, 9.17) is 5.73 Å². The van der Waals surface area contributed by atoms with Gasteiger partial charge in [0.1, 0.15) is 5.82 Å². The summed E-state index contributed by atoms with van der Waals surface area (Å²) in [4.78, 5) is 0. The number of benzene rings is 1. The first-order valence-corrected chi connectivity index (χ1v) is 5.24. The van der Waals surface area contributed by atoms with Crippen LogP contribution in [-0.4, -0.2) is 6.54 Å². The first-order chi connectivity index (χ1) is 7.36. The predicted molar refractivity (Wildman–Crippen MR) is 58.1 cm³/mol. The summed E-state index contributed by atoms with van der Waals surface area (Å²) in [5.74, 6) is -3.54. The maximum atomic E-state index is 13.4. The summed E-state index contributed by atoms with van der Waals surface area (Å²) < 4.78 is 39.6. The van der Waals surface area contributed by atoms with Gasteiger partial charge in [-0.15, -0.1) is 0 Å². The first kappa shape index (κ1) is 13.0. The number of hydrogen-bond acceptors (Lipinski definition) is 1. The molecule has 0 aliphatic rings. The first-order valence-electron chi connectivity index (χ1n) is 5.24. The molecule has 0 heterocycles. The maximum absolute atomic E-state index is 13.4. The van der Waals surface area contributed by atoms with Crippen molar-refractivity contribution >= 4 is 0 Å². The lowest BCUT2D eigenvalue weighted by Gasteiger charge is -2.16. The highest BCUT2D eigenvalue weighted by molar-refractivity contribution is 5.30. The minimum atomic E-state index is -2.94. The van der Waals surface area contributed by atoms with Crippen LogP contribution in [0.4, 0.5) is 13.2 Å². The molecule has 1 rings (SSSR count). The van der Waals surface area contributed by atoms with Gasteiger partial charge in [0, 0.05) is 12.5 Å². The van der Waals surface area contributed by atoms with E-state index in [1.54, 1.807) is 6.92 Å². The van der Waals surface area contributed by atoms with Crippen molar-refractivity contribution in [3.05, 3.63) is 35.1 Å². The largest absolute Gasteiger partial charge is 0.330 e. The Balaban J connectivity index is 3.09. The third-order valence-corrected chi connectivity index (χ3v) is 2.63. The van der Waals surface area contributed by atoms with Crippen LogP contribution in [0.15, 0.2) is 18.2 Å². The average molecular weight is 231 g/mol. The monoisotopic (exact) mass is 231 g/mol. The summed E-state index contributed by atoms with van der Waals surface area (Å²) in [6, 6.07) is 3.44. The van der Waals surface area contributed by atoms with Crippen molar-refractivity contribution in [2.24, 2.45) is 5.73 Å². The van der Waals surface area contributed by atoms with E-state index in [2.05, 4.69) is 0 Å². The molecule has 1 nitrogen and oxygen atoms in total. The lowest BCUT2D eigenvalue weighted by atomic mass is 9.94. The van der Waals surface area contributed by atoms with Crippen LogP contribution < -0.4 is 5.73 Å². The molecule has 0 aliphatic carbocycles. The molecule has 0 bridgehead atoms. The van der Waals surface area contributed by atoms with Crippen molar-refractivity contribution in [1.29, 1.82) is 0 Å². The van der Waals surface area contributed by atoms with Crippen LogP contribution in [0.5, 0.6) is 0 Å². The Labute approximate surface area is 93.5 Å². The smallest absolute Gasteiger partial charge is 0.270 e. The van der Waals surface area contributed by atoms with Crippen molar-refractivity contribution in [3.8, 4) is 0 Å². The second-order valence-corrected chi connectivity index (χ2v) is 4.10. The van der Waals surface area contributed by atoms with Crippen LogP contribution in [0.25, 0.3) is 0 Å². The van der Waals surface area contributed by atoms with Gasteiger partial charge in [0.05, 0.1) is 0 Å². The van der Waals surface area contributed by atoms with Gasteiger partial charge in [0.25, 0.3) is 5.92 Å². The minimum absolute atomic E-state index is 0.146. The predicted octanol–water partition coefficient (Wildman–Crippen LogP) is 3.39. The summed E-state index contributed by atoms with van der Waals surface area (Å²) in [6.45, 7) is 2.99. The quantitative estimate of drug-likeness (QED) is 0.844. The van der Waals surface area contributed by atoms with E-state index in [9.17, 15) is 13.2 Å². The molecule has 0 amide bonds. The van der Waals surface area contributed by atoms with Gasteiger partial charge >= 0.3 is 0 Å². The number of rotatable bonds is 4. The third kappa shape index (κ3) is 2.98.